The number of fused-ring (bicyclic) bond motifs is 9. The zero-order valence-corrected chi connectivity index (χ0v) is 29.6. The van der Waals surface area contributed by atoms with E-state index in [-0.39, 0.29) is 0 Å². The number of rotatable bonds is 5. The van der Waals surface area contributed by atoms with Crippen LogP contribution in [0.3, 0.4) is 0 Å². The fourth-order valence-electron chi connectivity index (χ4n) is 8.09. The Morgan fingerprint density at radius 2 is 0.727 bits per heavy atom. The first-order chi connectivity index (χ1) is 27.2. The smallest absolute Gasteiger partial charge is 0.164 e. The van der Waals surface area contributed by atoms with Crippen LogP contribution in [0.2, 0.25) is 0 Å². The standard InChI is InChI=1S/C51H31N3O/c1-3-13-32(14-4-1)49-52-50(33-15-5-2-6-16-33)54-51(53-49)43-23-12-24-47-48(43)45-31-37(26-28-46(45)55-47)35-18-11-17-34(29-35)36-25-27-42-40-21-8-7-19-38(40)39-20-9-10-22-41(39)44(42)30-36/h1-31H. The van der Waals surface area contributed by atoms with Gasteiger partial charge in [0.05, 0.1) is 0 Å². The van der Waals surface area contributed by atoms with Gasteiger partial charge in [-0.3, -0.25) is 0 Å². The van der Waals surface area contributed by atoms with E-state index in [9.17, 15) is 0 Å². The van der Waals surface area contributed by atoms with Crippen molar-refractivity contribution < 1.29 is 4.42 Å². The molecule has 2 aromatic heterocycles. The highest BCUT2D eigenvalue weighted by atomic mass is 16.3. The highest BCUT2D eigenvalue weighted by Gasteiger charge is 2.19. The quantitative estimate of drug-likeness (QED) is 0.168. The second-order valence-corrected chi connectivity index (χ2v) is 14.0. The molecular formula is C51H31N3O. The Morgan fingerprint density at radius 1 is 0.273 bits per heavy atom. The summed E-state index contributed by atoms with van der Waals surface area (Å²) in [7, 11) is 0. The van der Waals surface area contributed by atoms with E-state index in [4.69, 9.17) is 19.4 Å². The normalized spacial score (nSPS) is 11.6. The third-order valence-electron chi connectivity index (χ3n) is 10.7. The Kier molecular flexibility index (Phi) is 7.14. The van der Waals surface area contributed by atoms with E-state index in [2.05, 4.69) is 115 Å². The predicted molar refractivity (Wildman–Crippen MR) is 227 cm³/mol. The summed E-state index contributed by atoms with van der Waals surface area (Å²) in [5, 5.41) is 9.64. The summed E-state index contributed by atoms with van der Waals surface area (Å²) in [5.74, 6) is 1.85. The summed E-state index contributed by atoms with van der Waals surface area (Å²) in [6.07, 6.45) is 0. The first-order valence-electron chi connectivity index (χ1n) is 18.5. The second-order valence-electron chi connectivity index (χ2n) is 14.0. The molecule has 4 nitrogen and oxygen atoms in total. The molecule has 0 N–H and O–H groups in total. The van der Waals surface area contributed by atoms with Crippen LogP contribution in [0.1, 0.15) is 0 Å². The first-order valence-corrected chi connectivity index (χ1v) is 18.5. The van der Waals surface area contributed by atoms with Crippen LogP contribution in [0, 0.1) is 0 Å². The molecule has 55 heavy (non-hydrogen) atoms. The summed E-state index contributed by atoms with van der Waals surface area (Å²) in [4.78, 5) is 15.0. The van der Waals surface area contributed by atoms with Crippen molar-refractivity contribution >= 4 is 54.3 Å². The number of nitrogens with zero attached hydrogens (tertiary/aromatic N) is 3. The van der Waals surface area contributed by atoms with Crippen molar-refractivity contribution in [2.75, 3.05) is 0 Å². The van der Waals surface area contributed by atoms with Gasteiger partial charge in [-0.2, -0.15) is 0 Å². The van der Waals surface area contributed by atoms with Gasteiger partial charge in [0.25, 0.3) is 0 Å². The van der Waals surface area contributed by atoms with Gasteiger partial charge in [-0.25, -0.2) is 15.0 Å². The minimum atomic E-state index is 0.602. The molecule has 0 radical (unpaired) electrons. The molecule has 11 rings (SSSR count). The van der Waals surface area contributed by atoms with Gasteiger partial charge in [-0.15, -0.1) is 0 Å². The molecule has 2 heterocycles. The van der Waals surface area contributed by atoms with Gasteiger partial charge in [0.2, 0.25) is 0 Å². The predicted octanol–water partition coefficient (Wildman–Crippen LogP) is 13.6. The lowest BCUT2D eigenvalue weighted by atomic mass is 9.91. The molecule has 4 heteroatoms. The van der Waals surface area contributed by atoms with Crippen LogP contribution in [0.25, 0.3) is 111 Å². The van der Waals surface area contributed by atoms with Gasteiger partial charge in [-0.05, 0) is 84.9 Å². The molecule has 0 aliphatic rings. The van der Waals surface area contributed by atoms with Gasteiger partial charge in [0.15, 0.2) is 17.5 Å². The lowest BCUT2D eigenvalue weighted by Crippen LogP contribution is -2.00. The monoisotopic (exact) mass is 701 g/mol. The Morgan fingerprint density at radius 3 is 1.35 bits per heavy atom. The average molecular weight is 702 g/mol. The fraction of sp³-hybridized carbons (Fsp3) is 0. The van der Waals surface area contributed by atoms with E-state index >= 15 is 0 Å². The molecule has 256 valence electrons. The Bertz CT molecular complexity index is 3170. The minimum Gasteiger partial charge on any atom is -0.456 e. The molecule has 0 spiro atoms. The average Bonchev–Trinajstić information content (AvgIpc) is 3.65. The van der Waals surface area contributed by atoms with Gasteiger partial charge < -0.3 is 4.42 Å². The van der Waals surface area contributed by atoms with Crippen LogP contribution in [0.4, 0.5) is 0 Å². The topological polar surface area (TPSA) is 51.8 Å². The number of benzene rings is 9. The molecule has 0 amide bonds. The van der Waals surface area contributed by atoms with Gasteiger partial charge >= 0.3 is 0 Å². The molecule has 0 saturated heterocycles. The zero-order chi connectivity index (χ0) is 36.3. The number of hydrogen-bond acceptors (Lipinski definition) is 4. The number of furan rings is 1. The SMILES string of the molecule is c1ccc(-c2nc(-c3ccccc3)nc(-c3cccc4oc5ccc(-c6cccc(-c7ccc8c9ccccc9c9ccccc9c8c7)c6)cc5c34)n2)cc1. The van der Waals surface area contributed by atoms with Crippen LogP contribution in [0.15, 0.2) is 192 Å². The van der Waals surface area contributed by atoms with Crippen molar-refractivity contribution in [1.29, 1.82) is 0 Å². The first kappa shape index (κ1) is 31.1. The molecular weight excluding hydrogens is 671 g/mol. The van der Waals surface area contributed by atoms with Crippen molar-refractivity contribution in [1.82, 2.24) is 15.0 Å². The molecule has 0 fully saturated rings. The maximum atomic E-state index is 6.46. The van der Waals surface area contributed by atoms with Crippen LogP contribution >= 0.6 is 0 Å². The Labute approximate surface area is 317 Å². The van der Waals surface area contributed by atoms with E-state index in [1.165, 1.54) is 43.4 Å². The van der Waals surface area contributed by atoms with Crippen molar-refractivity contribution in [2.45, 2.75) is 0 Å². The summed E-state index contributed by atoms with van der Waals surface area (Å²) < 4.78 is 6.46. The maximum Gasteiger partial charge on any atom is 0.164 e. The molecule has 11 aromatic rings. The van der Waals surface area contributed by atoms with Crippen LogP contribution in [0.5, 0.6) is 0 Å². The second kappa shape index (κ2) is 12.6. The lowest BCUT2D eigenvalue weighted by molar-refractivity contribution is 0.669. The molecule has 0 unspecified atom stereocenters. The van der Waals surface area contributed by atoms with Crippen molar-refractivity contribution in [2.24, 2.45) is 0 Å². The van der Waals surface area contributed by atoms with E-state index < -0.39 is 0 Å². The summed E-state index contributed by atoms with van der Waals surface area (Å²) >= 11 is 0. The van der Waals surface area contributed by atoms with E-state index in [1.54, 1.807) is 0 Å². The van der Waals surface area contributed by atoms with E-state index in [1.807, 2.05) is 72.8 Å². The fourth-order valence-corrected chi connectivity index (χ4v) is 8.09. The van der Waals surface area contributed by atoms with Gasteiger partial charge in [-0.1, -0.05) is 158 Å². The van der Waals surface area contributed by atoms with Crippen molar-refractivity contribution in [3.63, 3.8) is 0 Å². The zero-order valence-electron chi connectivity index (χ0n) is 29.6. The molecule has 0 aliphatic heterocycles. The summed E-state index contributed by atoms with van der Waals surface area (Å²) in [6, 6.07) is 65.9. The van der Waals surface area contributed by atoms with Gasteiger partial charge in [0.1, 0.15) is 11.2 Å². The lowest BCUT2D eigenvalue weighted by Gasteiger charge is -2.12. The number of aromatic nitrogens is 3. The third-order valence-corrected chi connectivity index (χ3v) is 10.7. The van der Waals surface area contributed by atoms with Crippen molar-refractivity contribution in [3.8, 4) is 56.4 Å². The van der Waals surface area contributed by atoms with Gasteiger partial charge in [0, 0.05) is 27.5 Å². The summed E-state index contributed by atoms with van der Waals surface area (Å²) in [5.41, 5.74) is 8.96. The Hall–Kier alpha value is -7.43. The maximum absolute atomic E-state index is 6.46. The van der Waals surface area contributed by atoms with E-state index in [0.29, 0.717) is 17.5 Å². The van der Waals surface area contributed by atoms with Crippen LogP contribution in [-0.4, -0.2) is 15.0 Å². The third kappa shape index (κ3) is 5.26. The van der Waals surface area contributed by atoms with Crippen LogP contribution in [-0.2, 0) is 0 Å². The highest BCUT2D eigenvalue weighted by molar-refractivity contribution is 6.25. The largest absolute Gasteiger partial charge is 0.456 e. The molecule has 0 saturated carbocycles. The molecule has 0 aliphatic carbocycles. The highest BCUT2D eigenvalue weighted by Crippen LogP contribution is 2.40. The summed E-state index contributed by atoms with van der Waals surface area (Å²) in [6.45, 7) is 0. The van der Waals surface area contributed by atoms with Crippen LogP contribution < -0.4 is 0 Å². The van der Waals surface area contributed by atoms with E-state index in [0.717, 1.165) is 49.8 Å². The molecule has 9 aromatic carbocycles. The number of hydrogen-bond donors (Lipinski definition) is 0. The molecule has 0 atom stereocenters. The Balaban J connectivity index is 1.05. The van der Waals surface area contributed by atoms with Crippen molar-refractivity contribution in [3.05, 3.63) is 188 Å². The minimum absolute atomic E-state index is 0.602. The molecule has 0 bridgehead atoms.